The first-order valence-electron chi connectivity index (χ1n) is 7.55. The molecule has 0 radical (unpaired) electrons. The summed E-state index contributed by atoms with van der Waals surface area (Å²) in [5, 5.41) is 3.03. The number of hydrogen-bond acceptors (Lipinski definition) is 5. The molecule has 0 amide bonds. The van der Waals surface area contributed by atoms with Crippen molar-refractivity contribution < 1.29 is 13.9 Å². The molecule has 1 aromatic carbocycles. The molecule has 0 aliphatic carbocycles. The average molecular weight is 333 g/mol. The molecule has 24 heavy (non-hydrogen) atoms. The highest BCUT2D eigenvalue weighted by Gasteiger charge is 2.25. The maximum atomic E-state index is 13.1. The summed E-state index contributed by atoms with van der Waals surface area (Å²) in [5.74, 6) is -1.28. The van der Waals surface area contributed by atoms with Crippen molar-refractivity contribution in [3.8, 4) is 5.69 Å². The van der Waals surface area contributed by atoms with Crippen LogP contribution in [-0.2, 0) is 4.74 Å². The number of nitrogens with zero attached hydrogens (tertiary/aromatic N) is 2. The molecule has 2 heterocycles. The van der Waals surface area contributed by atoms with Gasteiger partial charge in [-0.15, -0.1) is 0 Å². The molecule has 2 aromatic rings. The van der Waals surface area contributed by atoms with Crippen LogP contribution in [0.1, 0.15) is 23.3 Å². The Morgan fingerprint density at radius 1 is 1.29 bits per heavy atom. The molecular formula is C16H16FN3O4. The highest BCUT2D eigenvalue weighted by molar-refractivity contribution is 5.88. The number of aromatic nitrogens is 2. The van der Waals surface area contributed by atoms with Crippen molar-refractivity contribution >= 4 is 5.97 Å². The van der Waals surface area contributed by atoms with E-state index in [1.807, 2.05) is 0 Å². The first kappa shape index (κ1) is 16.1. The SMILES string of the molecule is CCOC(=O)c1cn(C2CNC2)c(=O)n(-c2ccc(F)cc2)c1=O. The van der Waals surface area contributed by atoms with Gasteiger partial charge in [0.1, 0.15) is 11.4 Å². The number of carbonyl (C=O) groups excluding carboxylic acids is 1. The quantitative estimate of drug-likeness (QED) is 0.822. The minimum atomic E-state index is -0.792. The molecule has 0 atom stereocenters. The fourth-order valence-corrected chi connectivity index (χ4v) is 2.47. The summed E-state index contributed by atoms with van der Waals surface area (Å²) in [7, 11) is 0. The molecule has 1 fully saturated rings. The third-order valence-corrected chi connectivity index (χ3v) is 3.85. The van der Waals surface area contributed by atoms with E-state index in [0.29, 0.717) is 13.1 Å². The zero-order chi connectivity index (χ0) is 17.3. The van der Waals surface area contributed by atoms with Crippen LogP contribution in [0.15, 0.2) is 40.1 Å². The van der Waals surface area contributed by atoms with Gasteiger partial charge in [0, 0.05) is 19.3 Å². The monoisotopic (exact) mass is 333 g/mol. The summed E-state index contributed by atoms with van der Waals surface area (Å²) < 4.78 is 20.2. The highest BCUT2D eigenvalue weighted by atomic mass is 19.1. The van der Waals surface area contributed by atoms with Crippen LogP contribution in [0.5, 0.6) is 0 Å². The first-order chi connectivity index (χ1) is 11.5. The van der Waals surface area contributed by atoms with Crippen LogP contribution in [0.25, 0.3) is 5.69 Å². The molecule has 1 aromatic heterocycles. The number of ether oxygens (including phenoxy) is 1. The van der Waals surface area contributed by atoms with Crippen molar-refractivity contribution in [1.82, 2.24) is 14.5 Å². The molecular weight excluding hydrogens is 317 g/mol. The topological polar surface area (TPSA) is 82.3 Å². The molecule has 8 heteroatoms. The van der Waals surface area contributed by atoms with E-state index in [-0.39, 0.29) is 23.9 Å². The molecule has 0 saturated carbocycles. The van der Waals surface area contributed by atoms with Gasteiger partial charge in [-0.05, 0) is 31.2 Å². The minimum Gasteiger partial charge on any atom is -0.462 e. The number of nitrogens with one attached hydrogen (secondary N) is 1. The molecule has 126 valence electrons. The lowest BCUT2D eigenvalue weighted by atomic mass is 10.1. The van der Waals surface area contributed by atoms with Gasteiger partial charge in [0.25, 0.3) is 5.56 Å². The van der Waals surface area contributed by atoms with Crippen LogP contribution in [0.3, 0.4) is 0 Å². The fourth-order valence-electron chi connectivity index (χ4n) is 2.47. The van der Waals surface area contributed by atoms with Crippen LogP contribution in [0.2, 0.25) is 0 Å². The van der Waals surface area contributed by atoms with Gasteiger partial charge in [-0.1, -0.05) is 0 Å². The number of rotatable bonds is 4. The molecule has 0 bridgehead atoms. The lowest BCUT2D eigenvalue weighted by Crippen LogP contribution is -2.51. The Bertz CT molecular complexity index is 882. The third kappa shape index (κ3) is 2.76. The second-order valence-corrected chi connectivity index (χ2v) is 5.38. The highest BCUT2D eigenvalue weighted by Crippen LogP contribution is 2.11. The predicted octanol–water partition coefficient (Wildman–Crippen LogP) is 0.459. The van der Waals surface area contributed by atoms with E-state index < -0.39 is 23.0 Å². The first-order valence-corrected chi connectivity index (χ1v) is 7.55. The van der Waals surface area contributed by atoms with Crippen LogP contribution < -0.4 is 16.6 Å². The Morgan fingerprint density at radius 3 is 2.50 bits per heavy atom. The summed E-state index contributed by atoms with van der Waals surface area (Å²) >= 11 is 0. The van der Waals surface area contributed by atoms with E-state index in [4.69, 9.17) is 4.74 Å². The van der Waals surface area contributed by atoms with Gasteiger partial charge in [-0.3, -0.25) is 9.36 Å². The largest absolute Gasteiger partial charge is 0.462 e. The van der Waals surface area contributed by atoms with Crippen molar-refractivity contribution in [1.29, 1.82) is 0 Å². The predicted molar refractivity (Wildman–Crippen MR) is 84.1 cm³/mol. The number of halogens is 1. The molecule has 3 rings (SSSR count). The number of hydrogen-bond donors (Lipinski definition) is 1. The number of esters is 1. The Hall–Kier alpha value is -2.74. The van der Waals surface area contributed by atoms with E-state index in [1.54, 1.807) is 6.92 Å². The third-order valence-electron chi connectivity index (χ3n) is 3.85. The van der Waals surface area contributed by atoms with Gasteiger partial charge >= 0.3 is 11.7 Å². The summed E-state index contributed by atoms with van der Waals surface area (Å²) in [6.45, 7) is 2.86. The van der Waals surface area contributed by atoms with Crippen molar-refractivity contribution in [3.05, 3.63) is 62.7 Å². The zero-order valence-electron chi connectivity index (χ0n) is 13.0. The summed E-state index contributed by atoms with van der Waals surface area (Å²) in [6.07, 6.45) is 1.24. The standard InChI is InChI=1S/C16H16FN3O4/c1-2-24-15(22)13-9-19(12-7-18-8-12)16(23)20(14(13)21)11-5-3-10(17)4-6-11/h3-6,9,12,18H,2,7-8H2,1H3. The van der Waals surface area contributed by atoms with Crippen molar-refractivity contribution in [3.63, 3.8) is 0 Å². The Morgan fingerprint density at radius 2 is 1.96 bits per heavy atom. The molecule has 1 saturated heterocycles. The second kappa shape index (κ2) is 6.40. The van der Waals surface area contributed by atoms with Gasteiger partial charge in [0.2, 0.25) is 0 Å². The van der Waals surface area contributed by atoms with Gasteiger partial charge in [0.15, 0.2) is 0 Å². The van der Waals surface area contributed by atoms with E-state index in [0.717, 1.165) is 16.7 Å². The van der Waals surface area contributed by atoms with Crippen molar-refractivity contribution in [2.75, 3.05) is 19.7 Å². The van der Waals surface area contributed by atoms with Crippen LogP contribution >= 0.6 is 0 Å². The van der Waals surface area contributed by atoms with E-state index in [2.05, 4.69) is 5.32 Å². The van der Waals surface area contributed by atoms with E-state index in [9.17, 15) is 18.8 Å². The maximum Gasteiger partial charge on any atom is 0.345 e. The molecule has 1 aliphatic rings. The Balaban J connectivity index is 2.24. The van der Waals surface area contributed by atoms with Gasteiger partial charge < -0.3 is 10.1 Å². The van der Waals surface area contributed by atoms with Crippen LogP contribution in [-0.4, -0.2) is 34.8 Å². The summed E-state index contributed by atoms with van der Waals surface area (Å²) in [5.41, 5.74) is -1.40. The van der Waals surface area contributed by atoms with Crippen LogP contribution in [0, 0.1) is 5.82 Å². The van der Waals surface area contributed by atoms with Gasteiger partial charge in [0.05, 0.1) is 18.3 Å². The number of carbonyl (C=O) groups is 1. The normalized spacial score (nSPS) is 14.2. The summed E-state index contributed by atoms with van der Waals surface area (Å²) in [4.78, 5) is 37.4. The lowest BCUT2D eigenvalue weighted by molar-refractivity contribution is 0.0522. The zero-order valence-corrected chi connectivity index (χ0v) is 13.0. The fraction of sp³-hybridized carbons (Fsp3) is 0.312. The van der Waals surface area contributed by atoms with Crippen LogP contribution in [0.4, 0.5) is 4.39 Å². The Kier molecular flexibility index (Phi) is 4.30. The van der Waals surface area contributed by atoms with E-state index >= 15 is 0 Å². The van der Waals surface area contributed by atoms with Crippen molar-refractivity contribution in [2.24, 2.45) is 0 Å². The van der Waals surface area contributed by atoms with E-state index in [1.165, 1.54) is 22.9 Å². The lowest BCUT2D eigenvalue weighted by Gasteiger charge is -2.29. The molecule has 7 nitrogen and oxygen atoms in total. The number of benzene rings is 1. The minimum absolute atomic E-state index is 0.110. The molecule has 0 spiro atoms. The molecule has 1 N–H and O–H groups in total. The van der Waals surface area contributed by atoms with Crippen molar-refractivity contribution in [2.45, 2.75) is 13.0 Å². The maximum absolute atomic E-state index is 13.1. The Labute approximate surface area is 136 Å². The second-order valence-electron chi connectivity index (χ2n) is 5.38. The summed E-state index contributed by atoms with van der Waals surface area (Å²) in [6, 6.07) is 4.77. The smallest absolute Gasteiger partial charge is 0.345 e. The van der Waals surface area contributed by atoms with Gasteiger partial charge in [-0.2, -0.15) is 0 Å². The van der Waals surface area contributed by atoms with Gasteiger partial charge in [-0.25, -0.2) is 18.5 Å². The molecule has 1 aliphatic heterocycles. The average Bonchev–Trinajstić information content (AvgIpc) is 2.50. The molecule has 0 unspecified atom stereocenters.